The Balaban J connectivity index is 1.74. The fraction of sp³-hybridized carbons (Fsp3) is 0.600. The first-order valence-corrected chi connectivity index (χ1v) is 10.1. The Labute approximate surface area is 175 Å². The number of nitro benzene ring substituents is 1. The third-order valence-electron chi connectivity index (χ3n) is 5.08. The highest BCUT2D eigenvalue weighted by Crippen LogP contribution is 2.34. The van der Waals surface area contributed by atoms with E-state index in [2.05, 4.69) is 16.0 Å². The number of hydrogen-bond donors (Lipinski definition) is 3. The van der Waals surface area contributed by atoms with Gasteiger partial charge in [0, 0.05) is 31.1 Å². The van der Waals surface area contributed by atoms with Gasteiger partial charge in [0.05, 0.1) is 25.2 Å². The quantitative estimate of drug-likeness (QED) is 0.392. The van der Waals surface area contributed by atoms with Gasteiger partial charge in [0.25, 0.3) is 5.69 Å². The minimum atomic E-state index is -0.492. The lowest BCUT2D eigenvalue weighted by molar-refractivity contribution is -0.385. The van der Waals surface area contributed by atoms with E-state index in [0.717, 1.165) is 25.7 Å². The number of benzene rings is 1. The number of ether oxygens (including phenoxy) is 2. The first-order chi connectivity index (χ1) is 14.4. The molecule has 1 aromatic rings. The molecular weight excluding hydrogens is 392 g/mol. The Hall–Kier alpha value is -3.04. The van der Waals surface area contributed by atoms with Crippen molar-refractivity contribution in [2.45, 2.75) is 51.0 Å². The zero-order chi connectivity index (χ0) is 21.9. The van der Waals surface area contributed by atoms with Gasteiger partial charge in [-0.1, -0.05) is 19.3 Å². The van der Waals surface area contributed by atoms with Crippen molar-refractivity contribution < 1.29 is 24.0 Å². The molecule has 0 spiro atoms. The molecule has 0 aliphatic heterocycles. The topological polar surface area (TPSA) is 132 Å². The minimum Gasteiger partial charge on any atom is -0.493 e. The van der Waals surface area contributed by atoms with E-state index >= 15 is 0 Å². The van der Waals surface area contributed by atoms with Gasteiger partial charge < -0.3 is 25.4 Å². The van der Waals surface area contributed by atoms with Crippen molar-refractivity contribution in [1.82, 2.24) is 16.0 Å². The normalized spacial score (nSPS) is 13.9. The van der Waals surface area contributed by atoms with Crippen molar-refractivity contribution in [3.8, 4) is 11.5 Å². The molecule has 3 N–H and O–H groups in total. The Morgan fingerprint density at radius 3 is 2.37 bits per heavy atom. The summed E-state index contributed by atoms with van der Waals surface area (Å²) in [7, 11) is 2.86. The zero-order valence-electron chi connectivity index (χ0n) is 17.5. The molecular formula is C20H30N4O6. The highest BCUT2D eigenvalue weighted by Gasteiger charge is 2.19. The van der Waals surface area contributed by atoms with Gasteiger partial charge >= 0.3 is 6.03 Å². The highest BCUT2D eigenvalue weighted by atomic mass is 16.6. The van der Waals surface area contributed by atoms with Crippen molar-refractivity contribution in [3.63, 3.8) is 0 Å². The Morgan fingerprint density at radius 2 is 1.73 bits per heavy atom. The molecule has 2 rings (SSSR count). The van der Waals surface area contributed by atoms with Crippen LogP contribution in [0.5, 0.6) is 11.5 Å². The van der Waals surface area contributed by atoms with Crippen molar-refractivity contribution in [2.75, 3.05) is 27.3 Å². The first kappa shape index (κ1) is 23.2. The summed E-state index contributed by atoms with van der Waals surface area (Å²) >= 11 is 0. The SMILES string of the molecule is COc1cc(CCNC(=O)CCNC(=O)NC2CCCCC2)c([N+](=O)[O-])cc1OC. The van der Waals surface area contributed by atoms with Gasteiger partial charge in [0.1, 0.15) is 0 Å². The number of urea groups is 1. The minimum absolute atomic E-state index is 0.0945. The van der Waals surface area contributed by atoms with Crippen molar-refractivity contribution in [3.05, 3.63) is 27.8 Å². The summed E-state index contributed by atoms with van der Waals surface area (Å²) in [5.74, 6) is 0.420. The molecule has 1 saturated carbocycles. The monoisotopic (exact) mass is 422 g/mol. The second kappa shape index (κ2) is 11.8. The smallest absolute Gasteiger partial charge is 0.315 e. The number of nitro groups is 1. The van der Waals surface area contributed by atoms with Gasteiger partial charge in [0.15, 0.2) is 11.5 Å². The molecule has 0 atom stereocenters. The predicted molar refractivity (Wildman–Crippen MR) is 111 cm³/mol. The summed E-state index contributed by atoms with van der Waals surface area (Å²) in [4.78, 5) is 34.7. The Morgan fingerprint density at radius 1 is 1.07 bits per heavy atom. The maximum Gasteiger partial charge on any atom is 0.315 e. The molecule has 30 heavy (non-hydrogen) atoms. The predicted octanol–water partition coefficient (Wildman–Crippen LogP) is 2.29. The lowest BCUT2D eigenvalue weighted by Crippen LogP contribution is -2.43. The average molecular weight is 422 g/mol. The summed E-state index contributed by atoms with van der Waals surface area (Å²) in [5, 5.41) is 19.6. The molecule has 0 aromatic heterocycles. The molecule has 1 aliphatic carbocycles. The summed E-state index contributed by atoms with van der Waals surface area (Å²) in [6.45, 7) is 0.449. The van der Waals surface area contributed by atoms with Crippen LogP contribution in [0, 0.1) is 10.1 Å². The van der Waals surface area contributed by atoms with Crippen LogP contribution in [0.15, 0.2) is 12.1 Å². The van der Waals surface area contributed by atoms with Gasteiger partial charge in [-0.2, -0.15) is 0 Å². The number of amides is 3. The zero-order valence-corrected chi connectivity index (χ0v) is 17.5. The van der Waals surface area contributed by atoms with E-state index in [4.69, 9.17) is 9.47 Å². The van der Waals surface area contributed by atoms with Gasteiger partial charge in [-0.15, -0.1) is 0 Å². The second-order valence-corrected chi connectivity index (χ2v) is 7.18. The average Bonchev–Trinajstić information content (AvgIpc) is 2.73. The van der Waals surface area contributed by atoms with E-state index in [1.807, 2.05) is 0 Å². The lowest BCUT2D eigenvalue weighted by atomic mass is 9.96. The number of methoxy groups -OCH3 is 2. The molecule has 166 valence electrons. The molecule has 0 radical (unpaired) electrons. The fourth-order valence-electron chi connectivity index (χ4n) is 3.48. The van der Waals surface area contributed by atoms with Crippen LogP contribution >= 0.6 is 0 Å². The molecule has 10 heteroatoms. The number of rotatable bonds is 10. The van der Waals surface area contributed by atoms with E-state index < -0.39 is 4.92 Å². The number of carbonyl (C=O) groups excluding carboxylic acids is 2. The van der Waals surface area contributed by atoms with Crippen molar-refractivity contribution >= 4 is 17.6 Å². The molecule has 0 heterocycles. The third-order valence-corrected chi connectivity index (χ3v) is 5.08. The van der Waals surface area contributed by atoms with Crippen LogP contribution in [-0.4, -0.2) is 50.2 Å². The number of nitrogens with one attached hydrogen (secondary N) is 3. The summed E-state index contributed by atoms with van der Waals surface area (Å²) in [5.41, 5.74) is 0.339. The van der Waals surface area contributed by atoms with Gasteiger partial charge in [0.2, 0.25) is 5.91 Å². The van der Waals surface area contributed by atoms with Crippen LogP contribution in [0.2, 0.25) is 0 Å². The third kappa shape index (κ3) is 7.09. The second-order valence-electron chi connectivity index (χ2n) is 7.18. The number of hydrogen-bond acceptors (Lipinski definition) is 6. The molecule has 1 aliphatic rings. The van der Waals surface area contributed by atoms with Crippen LogP contribution in [0.3, 0.4) is 0 Å². The summed E-state index contributed by atoms with van der Waals surface area (Å²) < 4.78 is 10.3. The fourth-order valence-corrected chi connectivity index (χ4v) is 3.48. The van der Waals surface area contributed by atoms with Crippen LogP contribution < -0.4 is 25.4 Å². The number of carbonyl (C=O) groups is 2. The maximum atomic E-state index is 12.0. The lowest BCUT2D eigenvalue weighted by Gasteiger charge is -2.22. The van der Waals surface area contributed by atoms with E-state index in [9.17, 15) is 19.7 Å². The van der Waals surface area contributed by atoms with Crippen molar-refractivity contribution in [2.24, 2.45) is 0 Å². The standard InChI is InChI=1S/C20H30N4O6/c1-29-17-12-14(16(24(27)28)13-18(17)30-2)8-10-21-19(25)9-11-22-20(26)23-15-6-4-3-5-7-15/h12-13,15H,3-11H2,1-2H3,(H,21,25)(H2,22,23,26). The Kier molecular flexibility index (Phi) is 9.17. The number of nitrogens with zero attached hydrogens (tertiary/aromatic N) is 1. The first-order valence-electron chi connectivity index (χ1n) is 10.1. The summed E-state index contributed by atoms with van der Waals surface area (Å²) in [6.07, 6.45) is 5.86. The van der Waals surface area contributed by atoms with Crippen LogP contribution in [0.1, 0.15) is 44.1 Å². The van der Waals surface area contributed by atoms with Gasteiger partial charge in [-0.25, -0.2) is 4.79 Å². The maximum absolute atomic E-state index is 12.0. The largest absolute Gasteiger partial charge is 0.493 e. The molecule has 1 fully saturated rings. The van der Waals surface area contributed by atoms with Crippen LogP contribution in [0.4, 0.5) is 10.5 Å². The van der Waals surface area contributed by atoms with Gasteiger partial charge in [-0.05, 0) is 25.3 Å². The van der Waals surface area contributed by atoms with E-state index in [1.54, 1.807) is 6.07 Å². The van der Waals surface area contributed by atoms with E-state index in [1.165, 1.54) is 26.7 Å². The van der Waals surface area contributed by atoms with Crippen LogP contribution in [-0.2, 0) is 11.2 Å². The molecule has 3 amide bonds. The van der Waals surface area contributed by atoms with Gasteiger partial charge in [-0.3, -0.25) is 14.9 Å². The van der Waals surface area contributed by atoms with E-state index in [-0.39, 0.29) is 55.3 Å². The highest BCUT2D eigenvalue weighted by molar-refractivity contribution is 5.78. The van der Waals surface area contributed by atoms with Crippen molar-refractivity contribution in [1.29, 1.82) is 0 Å². The molecule has 0 saturated heterocycles. The van der Waals surface area contributed by atoms with E-state index in [0.29, 0.717) is 11.3 Å². The van der Waals surface area contributed by atoms with Crippen LogP contribution in [0.25, 0.3) is 0 Å². The molecule has 0 bridgehead atoms. The molecule has 0 unspecified atom stereocenters. The molecule has 1 aromatic carbocycles. The Bertz CT molecular complexity index is 749. The molecule has 10 nitrogen and oxygen atoms in total. The summed E-state index contributed by atoms with van der Waals surface area (Å²) in [6, 6.07) is 2.81.